The summed E-state index contributed by atoms with van der Waals surface area (Å²) in [5.41, 5.74) is 0.896. The summed E-state index contributed by atoms with van der Waals surface area (Å²) in [7, 11) is 0. The first kappa shape index (κ1) is 17.3. The SMILES string of the molecule is O=C(COc1ccc(Cl)cc1)NCC1CC(=O)N(c2ccccc2)C1. The summed E-state index contributed by atoms with van der Waals surface area (Å²) in [5.74, 6) is 0.571. The van der Waals surface area contributed by atoms with E-state index in [0.717, 1.165) is 5.69 Å². The Labute approximate surface area is 151 Å². The molecule has 0 spiro atoms. The molecule has 1 atom stereocenters. The molecule has 1 unspecified atom stereocenters. The van der Waals surface area contributed by atoms with Gasteiger partial charge in [-0.2, -0.15) is 0 Å². The monoisotopic (exact) mass is 358 g/mol. The Morgan fingerprint density at radius 2 is 1.88 bits per heavy atom. The second-order valence-electron chi connectivity index (χ2n) is 5.96. The lowest BCUT2D eigenvalue weighted by molar-refractivity contribution is -0.123. The van der Waals surface area contributed by atoms with E-state index in [1.807, 2.05) is 30.3 Å². The molecule has 2 aromatic rings. The fourth-order valence-electron chi connectivity index (χ4n) is 2.76. The number of para-hydroxylation sites is 1. The van der Waals surface area contributed by atoms with Gasteiger partial charge in [0.2, 0.25) is 5.91 Å². The van der Waals surface area contributed by atoms with Crippen LogP contribution < -0.4 is 15.0 Å². The number of nitrogens with zero attached hydrogens (tertiary/aromatic N) is 1. The van der Waals surface area contributed by atoms with Crippen molar-refractivity contribution in [2.45, 2.75) is 6.42 Å². The van der Waals surface area contributed by atoms with Crippen LogP contribution in [-0.4, -0.2) is 31.5 Å². The van der Waals surface area contributed by atoms with Gasteiger partial charge < -0.3 is 15.0 Å². The zero-order chi connectivity index (χ0) is 17.6. The number of carbonyl (C=O) groups is 2. The van der Waals surface area contributed by atoms with Crippen LogP contribution in [0.3, 0.4) is 0 Å². The lowest BCUT2D eigenvalue weighted by Gasteiger charge is -2.17. The minimum atomic E-state index is -0.208. The molecule has 2 aromatic carbocycles. The highest BCUT2D eigenvalue weighted by Crippen LogP contribution is 2.24. The van der Waals surface area contributed by atoms with Crippen LogP contribution in [0.5, 0.6) is 5.75 Å². The lowest BCUT2D eigenvalue weighted by atomic mass is 10.1. The maximum Gasteiger partial charge on any atom is 0.257 e. The van der Waals surface area contributed by atoms with Crippen LogP contribution in [0.2, 0.25) is 5.02 Å². The Kier molecular flexibility index (Phi) is 5.56. The Balaban J connectivity index is 1.43. The molecule has 25 heavy (non-hydrogen) atoms. The molecular formula is C19H19ClN2O3. The summed E-state index contributed by atoms with van der Waals surface area (Å²) in [6, 6.07) is 16.4. The summed E-state index contributed by atoms with van der Waals surface area (Å²) >= 11 is 5.80. The number of carbonyl (C=O) groups excluding carboxylic acids is 2. The maximum atomic E-state index is 12.1. The first-order chi connectivity index (χ1) is 12.1. The molecule has 1 aliphatic heterocycles. The molecule has 0 radical (unpaired) electrons. The van der Waals surface area contributed by atoms with Crippen molar-refractivity contribution in [1.29, 1.82) is 0 Å². The molecule has 5 nitrogen and oxygen atoms in total. The highest BCUT2D eigenvalue weighted by atomic mass is 35.5. The van der Waals surface area contributed by atoms with Crippen molar-refractivity contribution in [2.75, 3.05) is 24.6 Å². The summed E-state index contributed by atoms with van der Waals surface area (Å²) in [6.07, 6.45) is 0.438. The minimum Gasteiger partial charge on any atom is -0.484 e. The second-order valence-corrected chi connectivity index (χ2v) is 6.39. The Hall–Kier alpha value is -2.53. The quantitative estimate of drug-likeness (QED) is 0.863. The Bertz CT molecular complexity index is 734. The molecule has 3 rings (SSSR count). The van der Waals surface area contributed by atoms with Crippen LogP contribution in [0.15, 0.2) is 54.6 Å². The van der Waals surface area contributed by atoms with E-state index in [9.17, 15) is 9.59 Å². The number of nitrogens with one attached hydrogen (secondary N) is 1. The summed E-state index contributed by atoms with van der Waals surface area (Å²) in [6.45, 7) is 1.00. The molecule has 0 aromatic heterocycles. The fourth-order valence-corrected chi connectivity index (χ4v) is 2.89. The standard InChI is InChI=1S/C19H19ClN2O3/c20-15-6-8-17(9-7-15)25-13-18(23)21-11-14-10-19(24)22(12-14)16-4-2-1-3-5-16/h1-9,14H,10-13H2,(H,21,23). The van der Waals surface area contributed by atoms with Crippen molar-refractivity contribution in [1.82, 2.24) is 5.32 Å². The number of hydrogen-bond donors (Lipinski definition) is 1. The van der Waals surface area contributed by atoms with E-state index in [1.54, 1.807) is 29.2 Å². The van der Waals surface area contributed by atoms with Crippen LogP contribution in [0.4, 0.5) is 5.69 Å². The molecule has 1 saturated heterocycles. The van der Waals surface area contributed by atoms with Crippen LogP contribution in [0.1, 0.15) is 6.42 Å². The summed E-state index contributed by atoms with van der Waals surface area (Å²) in [4.78, 5) is 25.8. The van der Waals surface area contributed by atoms with E-state index in [4.69, 9.17) is 16.3 Å². The third-order valence-electron chi connectivity index (χ3n) is 4.04. The first-order valence-electron chi connectivity index (χ1n) is 8.12. The van der Waals surface area contributed by atoms with Gasteiger partial charge >= 0.3 is 0 Å². The number of ether oxygens (including phenoxy) is 1. The van der Waals surface area contributed by atoms with Gasteiger partial charge in [-0.05, 0) is 36.4 Å². The number of halogens is 1. The smallest absolute Gasteiger partial charge is 0.257 e. The first-order valence-corrected chi connectivity index (χ1v) is 8.50. The van der Waals surface area contributed by atoms with Crippen molar-refractivity contribution in [2.24, 2.45) is 5.92 Å². The van der Waals surface area contributed by atoms with Crippen molar-refractivity contribution in [3.63, 3.8) is 0 Å². The van der Waals surface area contributed by atoms with Gasteiger partial charge in [0.05, 0.1) is 0 Å². The molecular weight excluding hydrogens is 340 g/mol. The highest BCUT2D eigenvalue weighted by Gasteiger charge is 2.30. The molecule has 0 aliphatic carbocycles. The van der Waals surface area contributed by atoms with E-state index < -0.39 is 0 Å². The predicted octanol–water partition coefficient (Wildman–Crippen LogP) is 2.89. The zero-order valence-corrected chi connectivity index (χ0v) is 14.4. The largest absolute Gasteiger partial charge is 0.484 e. The Morgan fingerprint density at radius 3 is 2.60 bits per heavy atom. The van der Waals surface area contributed by atoms with Crippen LogP contribution in [0, 0.1) is 5.92 Å². The molecule has 1 heterocycles. The van der Waals surface area contributed by atoms with Crippen LogP contribution in [-0.2, 0) is 9.59 Å². The van der Waals surface area contributed by atoms with Gasteiger partial charge in [0.25, 0.3) is 5.91 Å². The minimum absolute atomic E-state index is 0.0648. The molecule has 2 amide bonds. The van der Waals surface area contributed by atoms with Gasteiger partial charge in [-0.3, -0.25) is 9.59 Å². The van der Waals surface area contributed by atoms with Crippen molar-refractivity contribution in [3.05, 3.63) is 59.6 Å². The lowest BCUT2D eigenvalue weighted by Crippen LogP contribution is -2.34. The van der Waals surface area contributed by atoms with Crippen molar-refractivity contribution >= 4 is 29.1 Å². The average molecular weight is 359 g/mol. The molecule has 0 bridgehead atoms. The second kappa shape index (κ2) is 8.03. The maximum absolute atomic E-state index is 12.1. The third kappa shape index (κ3) is 4.73. The van der Waals surface area contributed by atoms with E-state index in [0.29, 0.717) is 30.3 Å². The summed E-state index contributed by atoms with van der Waals surface area (Å²) in [5, 5.41) is 3.45. The van der Waals surface area contributed by atoms with E-state index in [2.05, 4.69) is 5.32 Å². The van der Waals surface area contributed by atoms with E-state index in [1.165, 1.54) is 0 Å². The van der Waals surface area contributed by atoms with E-state index >= 15 is 0 Å². The normalized spacial score (nSPS) is 16.8. The van der Waals surface area contributed by atoms with Gasteiger partial charge in [-0.15, -0.1) is 0 Å². The van der Waals surface area contributed by atoms with E-state index in [-0.39, 0.29) is 24.3 Å². The number of amides is 2. The van der Waals surface area contributed by atoms with Gasteiger partial charge in [-0.1, -0.05) is 29.8 Å². The van der Waals surface area contributed by atoms with Crippen LogP contribution >= 0.6 is 11.6 Å². The molecule has 1 aliphatic rings. The number of benzene rings is 2. The van der Waals surface area contributed by atoms with Gasteiger partial charge in [-0.25, -0.2) is 0 Å². The third-order valence-corrected chi connectivity index (χ3v) is 4.30. The highest BCUT2D eigenvalue weighted by molar-refractivity contribution is 6.30. The molecule has 6 heteroatoms. The van der Waals surface area contributed by atoms with Gasteiger partial charge in [0.15, 0.2) is 6.61 Å². The Morgan fingerprint density at radius 1 is 1.16 bits per heavy atom. The fraction of sp³-hybridized carbons (Fsp3) is 0.263. The number of anilines is 1. The molecule has 130 valence electrons. The average Bonchev–Trinajstić information content (AvgIpc) is 3.01. The molecule has 1 fully saturated rings. The van der Waals surface area contributed by atoms with Gasteiger partial charge in [0, 0.05) is 36.1 Å². The number of hydrogen-bond acceptors (Lipinski definition) is 3. The topological polar surface area (TPSA) is 58.6 Å². The van der Waals surface area contributed by atoms with Crippen LogP contribution in [0.25, 0.3) is 0 Å². The van der Waals surface area contributed by atoms with Gasteiger partial charge in [0.1, 0.15) is 5.75 Å². The molecule has 0 saturated carbocycles. The summed E-state index contributed by atoms with van der Waals surface area (Å²) < 4.78 is 5.40. The van der Waals surface area contributed by atoms with Crippen molar-refractivity contribution < 1.29 is 14.3 Å². The van der Waals surface area contributed by atoms with Crippen molar-refractivity contribution in [3.8, 4) is 5.75 Å². The molecule has 1 N–H and O–H groups in total. The number of rotatable bonds is 6. The predicted molar refractivity (Wildman–Crippen MR) is 96.9 cm³/mol. The zero-order valence-electron chi connectivity index (χ0n) is 13.7.